The molecule has 0 fully saturated rings. The molecule has 3 aromatic rings. The van der Waals surface area contributed by atoms with Crippen molar-refractivity contribution in [1.82, 2.24) is 4.57 Å². The number of benzene rings is 2. The van der Waals surface area contributed by atoms with Crippen molar-refractivity contribution in [2.24, 2.45) is 4.99 Å². The molecule has 29 heavy (non-hydrogen) atoms. The second-order valence-electron chi connectivity index (χ2n) is 7.17. The van der Waals surface area contributed by atoms with Crippen molar-refractivity contribution < 1.29 is 9.47 Å². The predicted molar refractivity (Wildman–Crippen MR) is 120 cm³/mol. The largest absolute Gasteiger partial charge is 0.496 e. The van der Waals surface area contributed by atoms with Gasteiger partial charge in [-0.2, -0.15) is 11.8 Å². The molecule has 2 aromatic carbocycles. The Balaban J connectivity index is 1.40. The Morgan fingerprint density at radius 3 is 2.69 bits per heavy atom. The first-order chi connectivity index (χ1) is 14.2. The lowest BCUT2D eigenvalue weighted by molar-refractivity contribution is 0.323. The summed E-state index contributed by atoms with van der Waals surface area (Å²) in [6.07, 6.45) is 2.06. The lowest BCUT2D eigenvalue weighted by atomic mass is 10.1. The lowest BCUT2D eigenvalue weighted by Crippen LogP contribution is -2.11. The number of ether oxygens (including phenoxy) is 2. The first-order valence-electron chi connectivity index (χ1n) is 9.85. The third kappa shape index (κ3) is 4.67. The number of methoxy groups -OCH3 is 1. The summed E-state index contributed by atoms with van der Waals surface area (Å²) < 4.78 is 13.6. The van der Waals surface area contributed by atoms with Gasteiger partial charge in [-0.05, 0) is 36.2 Å². The maximum atomic E-state index is 5.96. The summed E-state index contributed by atoms with van der Waals surface area (Å²) in [5, 5.41) is 0. The van der Waals surface area contributed by atoms with Crippen LogP contribution in [-0.2, 0) is 17.0 Å². The number of hydrogen-bond donors (Lipinski definition) is 0. The number of aliphatic imine (C=N–C) groups is 1. The second-order valence-corrected chi connectivity index (χ2v) is 8.20. The molecule has 150 valence electrons. The summed E-state index contributed by atoms with van der Waals surface area (Å²) in [6, 6.07) is 21.0. The molecule has 0 bridgehead atoms. The van der Waals surface area contributed by atoms with E-state index >= 15 is 0 Å². The number of aromatic nitrogens is 1. The van der Waals surface area contributed by atoms with Gasteiger partial charge in [0.15, 0.2) is 0 Å². The number of aryl methyl sites for hydroxylation is 1. The highest BCUT2D eigenvalue weighted by Gasteiger charge is 2.22. The fourth-order valence-corrected chi connectivity index (χ4v) is 4.59. The molecule has 0 N–H and O–H groups in total. The number of rotatable bonds is 8. The van der Waals surface area contributed by atoms with E-state index in [1.54, 1.807) is 7.11 Å². The average Bonchev–Trinajstić information content (AvgIpc) is 3.39. The molecule has 0 radical (unpaired) electrons. The van der Waals surface area contributed by atoms with Crippen molar-refractivity contribution >= 4 is 17.7 Å². The Kier molecular flexibility index (Phi) is 6.25. The van der Waals surface area contributed by atoms with E-state index in [1.165, 1.54) is 11.1 Å². The van der Waals surface area contributed by atoms with Crippen molar-refractivity contribution in [2.45, 2.75) is 25.3 Å². The Morgan fingerprint density at radius 2 is 1.86 bits per heavy atom. The van der Waals surface area contributed by atoms with E-state index in [4.69, 9.17) is 14.5 Å². The van der Waals surface area contributed by atoms with E-state index in [-0.39, 0.29) is 6.04 Å². The van der Waals surface area contributed by atoms with E-state index in [0.29, 0.717) is 6.61 Å². The molecule has 1 aliphatic heterocycles. The van der Waals surface area contributed by atoms with E-state index in [1.807, 2.05) is 36.0 Å². The summed E-state index contributed by atoms with van der Waals surface area (Å²) in [6.45, 7) is 3.54. The zero-order chi connectivity index (χ0) is 20.1. The van der Waals surface area contributed by atoms with E-state index in [2.05, 4.69) is 54.1 Å². The third-order valence-corrected chi connectivity index (χ3v) is 6.26. The van der Waals surface area contributed by atoms with Crippen LogP contribution in [0.4, 0.5) is 0 Å². The van der Waals surface area contributed by atoms with Crippen LogP contribution in [-0.4, -0.2) is 36.0 Å². The van der Waals surface area contributed by atoms with Crippen LogP contribution >= 0.6 is 11.8 Å². The fourth-order valence-electron chi connectivity index (χ4n) is 3.48. The quantitative estimate of drug-likeness (QED) is 0.532. The maximum absolute atomic E-state index is 5.96. The second kappa shape index (κ2) is 9.23. The molecule has 2 heterocycles. The maximum Gasteiger partial charge on any atom is 0.233 e. The van der Waals surface area contributed by atoms with Gasteiger partial charge in [-0.1, -0.05) is 42.5 Å². The minimum absolute atomic E-state index is 0.202. The van der Waals surface area contributed by atoms with Gasteiger partial charge in [0.05, 0.1) is 19.7 Å². The zero-order valence-electron chi connectivity index (χ0n) is 16.9. The molecular formula is C24H26N2O2S. The standard InChI is InChI=1S/C24H26N2O2S/c1-18-8-3-4-10-20(18)16-29-17-21-15-28-24(25-21)22-11-7-13-26(22)14-19-9-5-6-12-23(19)27-2/h3-13,21H,14-17H2,1-2H3. The first-order valence-corrected chi connectivity index (χ1v) is 11.0. The highest BCUT2D eigenvalue weighted by molar-refractivity contribution is 7.98. The number of para-hydroxylation sites is 1. The summed E-state index contributed by atoms with van der Waals surface area (Å²) in [4.78, 5) is 4.85. The van der Waals surface area contributed by atoms with Gasteiger partial charge in [0.25, 0.3) is 0 Å². The molecule has 4 rings (SSSR count). The van der Waals surface area contributed by atoms with Crippen LogP contribution in [0.5, 0.6) is 5.75 Å². The molecule has 0 aliphatic carbocycles. The van der Waals surface area contributed by atoms with E-state index in [0.717, 1.165) is 41.0 Å². The SMILES string of the molecule is COc1ccccc1Cn1cccc1C1=NC(CSCc2ccccc2C)CO1. The van der Waals surface area contributed by atoms with Crippen LogP contribution in [0.25, 0.3) is 0 Å². The fraction of sp³-hybridized carbons (Fsp3) is 0.292. The van der Waals surface area contributed by atoms with Crippen LogP contribution in [0.15, 0.2) is 71.9 Å². The Bertz CT molecular complexity index is 996. The van der Waals surface area contributed by atoms with Crippen LogP contribution < -0.4 is 4.74 Å². The number of thioether (sulfide) groups is 1. The molecular weight excluding hydrogens is 380 g/mol. The predicted octanol–water partition coefficient (Wildman–Crippen LogP) is 4.93. The van der Waals surface area contributed by atoms with Gasteiger partial charge in [0.2, 0.25) is 5.90 Å². The summed E-state index contributed by atoms with van der Waals surface area (Å²) in [7, 11) is 1.71. The molecule has 0 amide bonds. The minimum atomic E-state index is 0.202. The molecule has 1 unspecified atom stereocenters. The van der Waals surface area contributed by atoms with Crippen LogP contribution in [0.1, 0.15) is 22.4 Å². The highest BCUT2D eigenvalue weighted by Crippen LogP contribution is 2.23. The van der Waals surface area contributed by atoms with Gasteiger partial charge in [-0.25, -0.2) is 4.99 Å². The first kappa shape index (κ1) is 19.6. The summed E-state index contributed by atoms with van der Waals surface area (Å²) >= 11 is 1.92. The third-order valence-electron chi connectivity index (χ3n) is 5.12. The molecule has 5 heteroatoms. The monoisotopic (exact) mass is 406 g/mol. The van der Waals surface area contributed by atoms with Crippen molar-refractivity contribution in [3.05, 3.63) is 89.2 Å². The molecule has 1 aromatic heterocycles. The van der Waals surface area contributed by atoms with Gasteiger partial charge in [0.1, 0.15) is 18.1 Å². The molecule has 1 atom stereocenters. The van der Waals surface area contributed by atoms with Crippen LogP contribution in [0, 0.1) is 6.92 Å². The Labute approximate surface area is 176 Å². The molecule has 1 aliphatic rings. The highest BCUT2D eigenvalue weighted by atomic mass is 32.2. The summed E-state index contributed by atoms with van der Waals surface area (Å²) in [5.74, 6) is 3.61. The van der Waals surface area contributed by atoms with Gasteiger partial charge in [-0.3, -0.25) is 0 Å². The average molecular weight is 407 g/mol. The topological polar surface area (TPSA) is 35.8 Å². The van der Waals surface area contributed by atoms with Crippen LogP contribution in [0.2, 0.25) is 0 Å². The zero-order valence-corrected chi connectivity index (χ0v) is 17.7. The molecule has 0 spiro atoms. The van der Waals surface area contributed by atoms with E-state index in [9.17, 15) is 0 Å². The van der Waals surface area contributed by atoms with Crippen LogP contribution in [0.3, 0.4) is 0 Å². The van der Waals surface area contributed by atoms with Crippen molar-refractivity contribution in [3.63, 3.8) is 0 Å². The minimum Gasteiger partial charge on any atom is -0.496 e. The Morgan fingerprint density at radius 1 is 1.07 bits per heavy atom. The number of nitrogens with zero attached hydrogens (tertiary/aromatic N) is 2. The lowest BCUT2D eigenvalue weighted by Gasteiger charge is -2.12. The molecule has 0 saturated heterocycles. The normalized spacial score (nSPS) is 15.8. The smallest absolute Gasteiger partial charge is 0.233 e. The summed E-state index contributed by atoms with van der Waals surface area (Å²) in [5.41, 5.74) is 4.89. The molecule has 4 nitrogen and oxygen atoms in total. The molecule has 0 saturated carbocycles. The van der Waals surface area contributed by atoms with Crippen molar-refractivity contribution in [3.8, 4) is 5.75 Å². The van der Waals surface area contributed by atoms with Crippen molar-refractivity contribution in [2.75, 3.05) is 19.5 Å². The van der Waals surface area contributed by atoms with Crippen molar-refractivity contribution in [1.29, 1.82) is 0 Å². The van der Waals surface area contributed by atoms with Gasteiger partial charge >= 0.3 is 0 Å². The number of hydrogen-bond acceptors (Lipinski definition) is 4. The Hall–Kier alpha value is -2.66. The van der Waals surface area contributed by atoms with Gasteiger partial charge in [0, 0.05) is 23.3 Å². The van der Waals surface area contributed by atoms with E-state index < -0.39 is 0 Å². The van der Waals surface area contributed by atoms with Gasteiger partial charge in [-0.15, -0.1) is 0 Å². The van der Waals surface area contributed by atoms with Gasteiger partial charge < -0.3 is 14.0 Å².